The van der Waals surface area contributed by atoms with Gasteiger partial charge in [-0.1, -0.05) is 0 Å². The van der Waals surface area contributed by atoms with Crippen LogP contribution in [-0.4, -0.2) is 36.8 Å². The monoisotopic (exact) mass is 531 g/mol. The molecule has 0 aromatic heterocycles. The lowest BCUT2D eigenvalue weighted by molar-refractivity contribution is 0.130. The van der Waals surface area contributed by atoms with Crippen LogP contribution in [0.25, 0.3) is 0 Å². The molecule has 1 fully saturated rings. The van der Waals surface area contributed by atoms with Gasteiger partial charge in [0.05, 0.1) is 20.0 Å². The predicted molar refractivity (Wildman–Crippen MR) is 163 cm³/mol. The van der Waals surface area contributed by atoms with E-state index in [1.807, 2.05) is 0 Å². The summed E-state index contributed by atoms with van der Waals surface area (Å²) in [6.45, 7) is 20.9. The predicted octanol–water partition coefficient (Wildman–Crippen LogP) is 7.92. The van der Waals surface area contributed by atoms with Crippen LogP contribution in [0.4, 0.5) is 17.1 Å². The maximum atomic E-state index is 6.05. The van der Waals surface area contributed by atoms with E-state index in [2.05, 4.69) is 150 Å². The van der Waals surface area contributed by atoms with Crippen LogP contribution < -0.4 is 28.9 Å². The van der Waals surface area contributed by atoms with E-state index in [0.29, 0.717) is 0 Å². The van der Waals surface area contributed by atoms with Gasteiger partial charge in [-0.2, -0.15) is 0 Å². The molecule has 6 nitrogen and oxygen atoms in total. The molecule has 0 bridgehead atoms. The minimum Gasteiger partial charge on any atom is -0.488 e. The molecule has 6 heteroatoms. The zero-order valence-electron chi connectivity index (χ0n) is 25.1. The highest BCUT2D eigenvalue weighted by Crippen LogP contribution is 2.31. The molecule has 1 aliphatic heterocycles. The highest BCUT2D eigenvalue weighted by Gasteiger charge is 2.25. The van der Waals surface area contributed by atoms with Crippen molar-refractivity contribution in [3.05, 3.63) is 72.8 Å². The van der Waals surface area contributed by atoms with Gasteiger partial charge in [-0.15, -0.1) is 0 Å². The summed E-state index contributed by atoms with van der Waals surface area (Å²) in [6.07, 6.45) is 0. The standard InChI is InChI=1S/C33H45N3O3/c1-31(2,3)37-28-16-10-25(11-17-28)34-22-35(26-12-18-29(19-13-26)38-32(4,5)6)24-36(23-34)27-14-20-30(21-15-27)39-33(7,8)9/h10-21H,22-24H2,1-9H3. The van der Waals surface area contributed by atoms with Crippen LogP contribution in [0.1, 0.15) is 62.3 Å². The lowest BCUT2D eigenvalue weighted by atomic mass is 10.2. The first-order valence-corrected chi connectivity index (χ1v) is 13.8. The fraction of sp³-hybridized carbons (Fsp3) is 0.455. The van der Waals surface area contributed by atoms with Gasteiger partial charge in [0, 0.05) is 17.1 Å². The number of anilines is 3. The van der Waals surface area contributed by atoms with E-state index in [1.165, 1.54) is 0 Å². The molecule has 1 aliphatic rings. The average molecular weight is 532 g/mol. The Bertz CT molecular complexity index is 1040. The molecule has 0 unspecified atom stereocenters. The van der Waals surface area contributed by atoms with Crippen LogP contribution in [0, 0.1) is 0 Å². The fourth-order valence-corrected chi connectivity index (χ4v) is 4.48. The molecular formula is C33H45N3O3. The minimum atomic E-state index is -0.230. The fourth-order valence-electron chi connectivity index (χ4n) is 4.48. The molecule has 1 saturated heterocycles. The number of hydrogen-bond acceptors (Lipinski definition) is 6. The molecule has 210 valence electrons. The van der Waals surface area contributed by atoms with Crippen LogP contribution in [0.2, 0.25) is 0 Å². The van der Waals surface area contributed by atoms with E-state index in [9.17, 15) is 0 Å². The van der Waals surface area contributed by atoms with E-state index in [-0.39, 0.29) is 16.8 Å². The molecule has 0 radical (unpaired) electrons. The Balaban J connectivity index is 1.59. The molecule has 39 heavy (non-hydrogen) atoms. The van der Waals surface area contributed by atoms with Crippen molar-refractivity contribution in [2.45, 2.75) is 79.1 Å². The van der Waals surface area contributed by atoms with Crippen molar-refractivity contribution in [1.82, 2.24) is 0 Å². The third-order valence-electron chi connectivity index (χ3n) is 5.90. The summed E-state index contributed by atoms with van der Waals surface area (Å²) < 4.78 is 18.2. The summed E-state index contributed by atoms with van der Waals surface area (Å²) in [4.78, 5) is 7.14. The molecule has 0 N–H and O–H groups in total. The SMILES string of the molecule is CC(C)(C)Oc1ccc(N2CN(c3ccc(OC(C)(C)C)cc3)CN(c3ccc(OC(C)(C)C)cc3)C2)cc1. The first kappa shape index (κ1) is 28.5. The topological polar surface area (TPSA) is 37.4 Å². The van der Waals surface area contributed by atoms with Crippen LogP contribution in [0.15, 0.2) is 72.8 Å². The van der Waals surface area contributed by atoms with Gasteiger partial charge in [0.2, 0.25) is 0 Å². The molecule has 0 aliphatic carbocycles. The van der Waals surface area contributed by atoms with Crippen molar-refractivity contribution in [2.75, 3.05) is 34.7 Å². The second kappa shape index (κ2) is 10.9. The number of ether oxygens (including phenoxy) is 3. The Morgan fingerprint density at radius 2 is 0.590 bits per heavy atom. The number of benzene rings is 3. The maximum Gasteiger partial charge on any atom is 0.120 e. The van der Waals surface area contributed by atoms with Crippen molar-refractivity contribution in [3.8, 4) is 17.2 Å². The van der Waals surface area contributed by atoms with Gasteiger partial charge < -0.3 is 28.9 Å². The van der Waals surface area contributed by atoms with Gasteiger partial charge in [-0.3, -0.25) is 0 Å². The summed E-state index contributed by atoms with van der Waals surface area (Å²) in [5, 5.41) is 0. The normalized spacial score (nSPS) is 14.8. The molecule has 3 aromatic carbocycles. The molecule has 0 atom stereocenters. The molecule has 0 saturated carbocycles. The van der Waals surface area contributed by atoms with Crippen molar-refractivity contribution < 1.29 is 14.2 Å². The van der Waals surface area contributed by atoms with Crippen molar-refractivity contribution in [3.63, 3.8) is 0 Å². The Morgan fingerprint density at radius 3 is 0.769 bits per heavy atom. The van der Waals surface area contributed by atoms with E-state index >= 15 is 0 Å². The molecular weight excluding hydrogens is 486 g/mol. The van der Waals surface area contributed by atoms with E-state index in [0.717, 1.165) is 54.3 Å². The molecule has 3 aromatic rings. The summed E-state index contributed by atoms with van der Waals surface area (Å²) in [7, 11) is 0. The quantitative estimate of drug-likeness (QED) is 0.322. The Labute approximate surface area is 235 Å². The molecule has 0 amide bonds. The average Bonchev–Trinajstić information content (AvgIpc) is 2.82. The Hall–Kier alpha value is -3.54. The van der Waals surface area contributed by atoms with E-state index in [1.54, 1.807) is 0 Å². The van der Waals surface area contributed by atoms with Gasteiger partial charge >= 0.3 is 0 Å². The first-order chi connectivity index (χ1) is 18.1. The van der Waals surface area contributed by atoms with Gasteiger partial charge in [-0.25, -0.2) is 0 Å². The Kier molecular flexibility index (Phi) is 7.97. The summed E-state index contributed by atoms with van der Waals surface area (Å²) in [5.74, 6) is 2.63. The largest absolute Gasteiger partial charge is 0.488 e. The second-order valence-electron chi connectivity index (χ2n) is 13.2. The summed E-state index contributed by atoms with van der Waals surface area (Å²) in [5.41, 5.74) is 2.74. The smallest absolute Gasteiger partial charge is 0.120 e. The Morgan fingerprint density at radius 1 is 0.385 bits per heavy atom. The first-order valence-electron chi connectivity index (χ1n) is 13.8. The van der Waals surface area contributed by atoms with Crippen molar-refractivity contribution in [1.29, 1.82) is 0 Å². The van der Waals surface area contributed by atoms with Gasteiger partial charge in [0.15, 0.2) is 0 Å². The van der Waals surface area contributed by atoms with Crippen molar-refractivity contribution >= 4 is 17.1 Å². The zero-order chi connectivity index (χ0) is 28.4. The molecule has 0 spiro atoms. The van der Waals surface area contributed by atoms with Crippen LogP contribution in [0.5, 0.6) is 17.2 Å². The van der Waals surface area contributed by atoms with Crippen LogP contribution >= 0.6 is 0 Å². The van der Waals surface area contributed by atoms with Gasteiger partial charge in [0.25, 0.3) is 0 Å². The third kappa shape index (κ3) is 8.47. The molecule has 4 rings (SSSR count). The molecule has 1 heterocycles. The van der Waals surface area contributed by atoms with Crippen LogP contribution in [0.3, 0.4) is 0 Å². The number of nitrogens with zero attached hydrogens (tertiary/aromatic N) is 3. The van der Waals surface area contributed by atoms with E-state index < -0.39 is 0 Å². The maximum absolute atomic E-state index is 6.05. The van der Waals surface area contributed by atoms with Gasteiger partial charge in [0.1, 0.15) is 34.1 Å². The van der Waals surface area contributed by atoms with E-state index in [4.69, 9.17) is 14.2 Å². The van der Waals surface area contributed by atoms with Crippen molar-refractivity contribution in [2.24, 2.45) is 0 Å². The number of hydrogen-bond donors (Lipinski definition) is 0. The highest BCUT2D eigenvalue weighted by atomic mass is 16.5. The zero-order valence-corrected chi connectivity index (χ0v) is 25.1. The second-order valence-corrected chi connectivity index (χ2v) is 13.2. The lowest BCUT2D eigenvalue weighted by Crippen LogP contribution is -2.55. The van der Waals surface area contributed by atoms with Gasteiger partial charge in [-0.05, 0) is 135 Å². The summed E-state index contributed by atoms with van der Waals surface area (Å²) in [6, 6.07) is 25.2. The van der Waals surface area contributed by atoms with Crippen LogP contribution in [-0.2, 0) is 0 Å². The third-order valence-corrected chi connectivity index (χ3v) is 5.90. The lowest BCUT2D eigenvalue weighted by Gasteiger charge is -2.45. The summed E-state index contributed by atoms with van der Waals surface area (Å²) >= 11 is 0. The minimum absolute atomic E-state index is 0.230. The number of rotatable bonds is 6. The highest BCUT2D eigenvalue weighted by molar-refractivity contribution is 5.60.